The zero-order valence-electron chi connectivity index (χ0n) is 31.0. The minimum absolute atomic E-state index is 0.0156. The highest BCUT2D eigenvalue weighted by molar-refractivity contribution is 5.79. The molecule has 3 heterocycles. The molecule has 55 heavy (non-hydrogen) atoms. The van der Waals surface area contributed by atoms with Crippen LogP contribution in [0.15, 0.2) is 70.5 Å². The van der Waals surface area contributed by atoms with Gasteiger partial charge in [-0.2, -0.15) is 18.2 Å². The van der Waals surface area contributed by atoms with Gasteiger partial charge in [0.1, 0.15) is 23.7 Å². The first kappa shape index (κ1) is 39.7. The second-order valence-corrected chi connectivity index (χ2v) is 15.2. The first-order valence-corrected chi connectivity index (χ1v) is 18.4. The van der Waals surface area contributed by atoms with Crippen molar-refractivity contribution < 1.29 is 36.6 Å². The lowest BCUT2D eigenvalue weighted by Gasteiger charge is -2.43. The summed E-state index contributed by atoms with van der Waals surface area (Å²) in [7, 11) is 0. The van der Waals surface area contributed by atoms with Gasteiger partial charge in [0.15, 0.2) is 11.6 Å². The number of carbonyl (C=O) groups excluding carboxylic acids is 1. The highest BCUT2D eigenvalue weighted by Crippen LogP contribution is 2.45. The monoisotopic (exact) mass is 765 g/mol. The molecule has 1 unspecified atom stereocenters. The minimum atomic E-state index is -4.37. The SMILES string of the molecule is CC(C)(C(=O)O)N1CCC(N(Cc2ccc(C3=CCC(C)(C(F)(F)F)C=C3)cc2)C(=O)Cn2c(CCc3cccc(F)c3F)nc(=O)c3c2N=CCC3)CC1. The molecule has 292 valence electrons. The maximum Gasteiger partial charge on any atom is 0.397 e. The predicted octanol–water partition coefficient (Wildman–Crippen LogP) is 7.22. The third-order valence-corrected chi connectivity index (χ3v) is 11.2. The molecule has 2 aliphatic heterocycles. The molecule has 1 saturated heterocycles. The van der Waals surface area contributed by atoms with Crippen LogP contribution in [0.2, 0.25) is 0 Å². The molecule has 1 aliphatic carbocycles. The number of likely N-dealkylation sites (tertiary alicyclic amines) is 1. The number of halogens is 5. The smallest absolute Gasteiger partial charge is 0.397 e. The Labute approximate surface area is 315 Å². The third kappa shape index (κ3) is 8.34. The van der Waals surface area contributed by atoms with Crippen molar-refractivity contribution in [3.8, 4) is 0 Å². The van der Waals surface area contributed by atoms with E-state index in [2.05, 4.69) is 9.98 Å². The summed E-state index contributed by atoms with van der Waals surface area (Å²) >= 11 is 0. The number of alkyl halides is 3. The molecular weight excluding hydrogens is 721 g/mol. The first-order valence-electron chi connectivity index (χ1n) is 18.4. The second kappa shape index (κ2) is 15.6. The number of hydrogen-bond donors (Lipinski definition) is 1. The summed E-state index contributed by atoms with van der Waals surface area (Å²) in [5.74, 6) is -2.74. The van der Waals surface area contributed by atoms with E-state index < -0.39 is 40.3 Å². The maximum absolute atomic E-state index is 14.6. The van der Waals surface area contributed by atoms with Crippen LogP contribution in [0.1, 0.15) is 74.5 Å². The first-order chi connectivity index (χ1) is 26.0. The Bertz CT molecular complexity index is 2100. The molecule has 1 fully saturated rings. The number of aliphatic carboxylic acids is 1. The number of hydrogen-bond acceptors (Lipinski definition) is 6. The Balaban J connectivity index is 1.29. The fourth-order valence-electron chi connectivity index (χ4n) is 7.37. The molecule has 1 N–H and O–H groups in total. The number of aliphatic imine (C=N–C) groups is 1. The van der Waals surface area contributed by atoms with Crippen molar-refractivity contribution in [1.29, 1.82) is 0 Å². The molecule has 9 nitrogen and oxygen atoms in total. The number of fused-ring (bicyclic) bond motifs is 1. The molecule has 0 radical (unpaired) electrons. The van der Waals surface area contributed by atoms with Crippen molar-refractivity contribution in [2.75, 3.05) is 13.1 Å². The van der Waals surface area contributed by atoms with E-state index >= 15 is 0 Å². The molecule has 0 bridgehead atoms. The molecule has 3 aromatic rings. The maximum atomic E-state index is 14.6. The number of carboxylic acid groups (broad SMARTS) is 1. The van der Waals surface area contributed by atoms with Crippen LogP contribution in [-0.2, 0) is 41.9 Å². The van der Waals surface area contributed by atoms with Crippen molar-refractivity contribution in [1.82, 2.24) is 19.4 Å². The predicted molar refractivity (Wildman–Crippen MR) is 198 cm³/mol. The molecule has 6 rings (SSSR count). The van der Waals surface area contributed by atoms with E-state index in [0.29, 0.717) is 55.7 Å². The molecule has 0 saturated carbocycles. The summed E-state index contributed by atoms with van der Waals surface area (Å²) in [4.78, 5) is 52.1. The van der Waals surface area contributed by atoms with Crippen LogP contribution in [0.3, 0.4) is 0 Å². The van der Waals surface area contributed by atoms with E-state index in [4.69, 9.17) is 0 Å². The minimum Gasteiger partial charge on any atom is -0.480 e. The lowest BCUT2D eigenvalue weighted by molar-refractivity contribution is -0.199. The molecule has 14 heteroatoms. The molecule has 1 aromatic heterocycles. The molecule has 2 aromatic carbocycles. The van der Waals surface area contributed by atoms with Gasteiger partial charge in [-0.3, -0.25) is 19.3 Å². The van der Waals surface area contributed by atoms with E-state index in [1.165, 1.54) is 24.3 Å². The van der Waals surface area contributed by atoms with Gasteiger partial charge in [-0.25, -0.2) is 13.8 Å². The lowest BCUT2D eigenvalue weighted by atomic mass is 9.80. The van der Waals surface area contributed by atoms with Gasteiger partial charge >= 0.3 is 12.1 Å². The van der Waals surface area contributed by atoms with Gasteiger partial charge in [-0.05, 0) is 87.6 Å². The van der Waals surface area contributed by atoms with E-state index in [1.807, 2.05) is 29.2 Å². The van der Waals surface area contributed by atoms with E-state index in [-0.39, 0.29) is 55.7 Å². The Morgan fingerprint density at radius 2 is 1.75 bits per heavy atom. The summed E-state index contributed by atoms with van der Waals surface area (Å²) in [6, 6.07) is 10.9. The van der Waals surface area contributed by atoms with Crippen LogP contribution >= 0.6 is 0 Å². The molecule has 1 atom stereocenters. The Morgan fingerprint density at radius 1 is 1.04 bits per heavy atom. The molecular formula is C41H44F5N5O4. The number of amides is 1. The Kier molecular flexibility index (Phi) is 11.3. The summed E-state index contributed by atoms with van der Waals surface area (Å²) in [5.41, 5.74) is -0.899. The average molecular weight is 766 g/mol. The number of piperidine rings is 1. The standard InChI is InChI=1S/C41H44F5N5O4/c1-39(2,38(54)55)49-22-17-30(18-23-49)50(24-26-9-11-27(12-10-26)28-15-19-40(3,20-16-28)41(44,45)46)34(52)25-51-33(14-13-29-6-4-8-32(42)35(29)43)48-37(53)31-7-5-21-47-36(31)51/h4,6,8-12,15-16,19,21,30H,5,7,13-14,17-18,20,22-25H2,1-3H3,(H,54,55). The second-order valence-electron chi connectivity index (χ2n) is 15.2. The van der Waals surface area contributed by atoms with Crippen LogP contribution in [-0.4, -0.2) is 73.4 Å². The zero-order chi connectivity index (χ0) is 39.7. The van der Waals surface area contributed by atoms with Gasteiger partial charge < -0.3 is 14.6 Å². The zero-order valence-corrected chi connectivity index (χ0v) is 31.0. The number of allylic oxidation sites excluding steroid dienone is 4. The quantitative estimate of drug-likeness (QED) is 0.207. The van der Waals surface area contributed by atoms with Gasteiger partial charge in [0.2, 0.25) is 5.91 Å². The Hall–Kier alpha value is -4.98. The fourth-order valence-corrected chi connectivity index (χ4v) is 7.37. The van der Waals surface area contributed by atoms with Crippen molar-refractivity contribution in [3.05, 3.63) is 111 Å². The number of benzene rings is 2. The van der Waals surface area contributed by atoms with Crippen LogP contribution in [0.5, 0.6) is 0 Å². The number of nitrogens with zero attached hydrogens (tertiary/aromatic N) is 5. The van der Waals surface area contributed by atoms with Crippen LogP contribution in [0.4, 0.5) is 27.8 Å². The summed E-state index contributed by atoms with van der Waals surface area (Å²) in [6.07, 6.45) is 3.27. The Morgan fingerprint density at radius 3 is 2.38 bits per heavy atom. The third-order valence-electron chi connectivity index (χ3n) is 11.2. The number of carbonyl (C=O) groups is 2. The largest absolute Gasteiger partial charge is 0.480 e. The van der Waals surface area contributed by atoms with Gasteiger partial charge in [-0.1, -0.05) is 54.6 Å². The number of rotatable bonds is 11. The highest BCUT2D eigenvalue weighted by Gasteiger charge is 2.49. The topological polar surface area (TPSA) is 108 Å². The van der Waals surface area contributed by atoms with Crippen LogP contribution < -0.4 is 5.56 Å². The van der Waals surface area contributed by atoms with Gasteiger partial charge in [0.25, 0.3) is 5.56 Å². The van der Waals surface area contributed by atoms with Gasteiger partial charge in [0.05, 0.1) is 11.0 Å². The summed E-state index contributed by atoms with van der Waals surface area (Å²) < 4.78 is 70.9. The van der Waals surface area contributed by atoms with E-state index in [9.17, 15) is 41.4 Å². The van der Waals surface area contributed by atoms with Crippen molar-refractivity contribution in [3.63, 3.8) is 0 Å². The van der Waals surface area contributed by atoms with E-state index in [1.54, 1.807) is 35.6 Å². The summed E-state index contributed by atoms with van der Waals surface area (Å²) in [5, 5.41) is 9.84. The molecule has 3 aliphatic rings. The van der Waals surface area contributed by atoms with Crippen molar-refractivity contribution in [2.24, 2.45) is 10.4 Å². The number of aryl methyl sites for hydroxylation is 2. The van der Waals surface area contributed by atoms with Gasteiger partial charge in [0, 0.05) is 38.3 Å². The normalized spacial score (nSPS) is 19.2. The van der Waals surface area contributed by atoms with Crippen molar-refractivity contribution >= 4 is 29.5 Å². The highest BCUT2D eigenvalue weighted by atomic mass is 19.4. The molecule has 1 amide bonds. The van der Waals surface area contributed by atoms with Crippen LogP contribution in [0.25, 0.3) is 5.57 Å². The van der Waals surface area contributed by atoms with Gasteiger partial charge in [-0.15, -0.1) is 0 Å². The number of carboxylic acids is 1. The van der Waals surface area contributed by atoms with Crippen LogP contribution in [0, 0.1) is 17.0 Å². The summed E-state index contributed by atoms with van der Waals surface area (Å²) in [6.45, 7) is 5.23. The van der Waals surface area contributed by atoms with Crippen molar-refractivity contribution in [2.45, 2.75) is 96.6 Å². The van der Waals surface area contributed by atoms with E-state index in [0.717, 1.165) is 24.1 Å². The lowest BCUT2D eigenvalue weighted by Crippen LogP contribution is -2.56. The average Bonchev–Trinajstić information content (AvgIpc) is 3.16. The number of aromatic nitrogens is 2. The fraction of sp³-hybridized carbons (Fsp3) is 0.439. The molecule has 0 spiro atoms.